The van der Waals surface area contributed by atoms with Crippen LogP contribution in [0.3, 0.4) is 0 Å². The minimum Gasteiger partial charge on any atom is -0.338 e. The van der Waals surface area contributed by atoms with Crippen molar-refractivity contribution in [1.29, 1.82) is 0 Å². The smallest absolute Gasteiger partial charge is 0.170 e. The van der Waals surface area contributed by atoms with Crippen molar-refractivity contribution in [1.82, 2.24) is 0 Å². The molecule has 0 atom stereocenters. The van der Waals surface area contributed by atoms with Crippen LogP contribution in [0.15, 0.2) is 4.41 Å². The van der Waals surface area contributed by atoms with Gasteiger partial charge in [-0.25, -0.2) is 0 Å². The van der Waals surface area contributed by atoms with Gasteiger partial charge in [-0.2, -0.15) is 0 Å². The summed E-state index contributed by atoms with van der Waals surface area (Å²) in [7, 11) is -2.25. The summed E-state index contributed by atoms with van der Waals surface area (Å²) in [5.74, 6) is 0. The molecule has 0 rings (SSSR count). The molecule has 0 aromatic rings. The first-order valence-electron chi connectivity index (χ1n) is 7.99. The Labute approximate surface area is 117 Å². The first-order chi connectivity index (χ1) is 8.39. The van der Waals surface area contributed by atoms with E-state index in [4.69, 9.17) is 4.41 Å². The van der Waals surface area contributed by atoms with Crippen molar-refractivity contribution in [2.45, 2.75) is 78.9 Å². The minimum absolute atomic E-state index is 0.981. The summed E-state index contributed by atoms with van der Waals surface area (Å²) in [5.41, 5.74) is 0. The third-order valence-electron chi connectivity index (χ3n) is 3.30. The normalized spacial score (nSPS) is 12.8. The first-order valence-corrected chi connectivity index (χ1v) is 13.7. The minimum atomic E-state index is -1.27. The van der Waals surface area contributed by atoms with Gasteiger partial charge in [-0.05, 0) is 44.8 Å². The van der Waals surface area contributed by atoms with Crippen molar-refractivity contribution in [2.75, 3.05) is 18.5 Å². The second-order valence-corrected chi connectivity index (χ2v) is 15.3. The highest BCUT2D eigenvalue weighted by molar-refractivity contribution is 7.67. The van der Waals surface area contributed by atoms with Crippen LogP contribution in [0.5, 0.6) is 0 Å². The monoisotopic (exact) mass is 289 g/mol. The van der Waals surface area contributed by atoms with Crippen LogP contribution in [0, 0.1) is 0 Å². The zero-order valence-electron chi connectivity index (χ0n) is 13.8. The average molecular weight is 290 g/mol. The zero-order valence-corrected chi connectivity index (χ0v) is 15.7. The van der Waals surface area contributed by atoms with Gasteiger partial charge in [0.05, 0.1) is 0 Å². The lowest BCUT2D eigenvalue weighted by atomic mass is 10.4. The highest BCUT2D eigenvalue weighted by atomic mass is 31.2. The molecule has 110 valence electrons. The molecule has 0 heterocycles. The molecule has 1 nitrogen and oxygen atoms in total. The molecule has 0 aliphatic carbocycles. The van der Waals surface area contributed by atoms with Gasteiger partial charge in [0, 0.05) is 0 Å². The number of hydrogen-bond acceptors (Lipinski definition) is 1. The Morgan fingerprint density at radius 3 is 1.28 bits per heavy atom. The maximum Gasteiger partial charge on any atom is 0.170 e. The Hall–Kier alpha value is 0.447. The number of rotatable bonds is 10. The molecule has 0 aliphatic rings. The van der Waals surface area contributed by atoms with Crippen LogP contribution in [0.1, 0.15) is 59.3 Å². The van der Waals surface area contributed by atoms with Gasteiger partial charge in [0.15, 0.2) is 8.24 Å². The quantitative estimate of drug-likeness (QED) is 0.325. The molecule has 0 aromatic heterocycles. The fourth-order valence-electron chi connectivity index (χ4n) is 2.48. The van der Waals surface area contributed by atoms with Crippen molar-refractivity contribution in [2.24, 2.45) is 4.41 Å². The van der Waals surface area contributed by atoms with Crippen molar-refractivity contribution in [3.8, 4) is 0 Å². The SMILES string of the molecule is CCCCP(CCCC)(CCCC)=N[Si](C)(C)C. The summed E-state index contributed by atoms with van der Waals surface area (Å²) in [6, 6.07) is 0. The highest BCUT2D eigenvalue weighted by Gasteiger charge is 2.22. The van der Waals surface area contributed by atoms with Gasteiger partial charge in [0.1, 0.15) is 0 Å². The third-order valence-corrected chi connectivity index (χ3v) is 10.8. The van der Waals surface area contributed by atoms with E-state index in [0.717, 1.165) is 0 Å². The predicted molar refractivity (Wildman–Crippen MR) is 92.0 cm³/mol. The Balaban J connectivity index is 5.04. The molecule has 0 radical (unpaired) electrons. The lowest BCUT2D eigenvalue weighted by molar-refractivity contribution is 0.841. The number of hydrogen-bond donors (Lipinski definition) is 0. The van der Waals surface area contributed by atoms with Crippen LogP contribution in [0.4, 0.5) is 0 Å². The van der Waals surface area contributed by atoms with Crippen LogP contribution in [0.2, 0.25) is 19.6 Å². The zero-order chi connectivity index (χ0) is 14.1. The third kappa shape index (κ3) is 8.53. The largest absolute Gasteiger partial charge is 0.338 e. The Morgan fingerprint density at radius 1 is 0.722 bits per heavy atom. The first kappa shape index (κ1) is 18.4. The van der Waals surface area contributed by atoms with Crippen LogP contribution in [0.25, 0.3) is 0 Å². The number of unbranched alkanes of at least 4 members (excludes halogenated alkanes) is 3. The molecule has 0 saturated heterocycles. The molecule has 0 aromatic carbocycles. The van der Waals surface area contributed by atoms with Gasteiger partial charge >= 0.3 is 0 Å². The van der Waals surface area contributed by atoms with Gasteiger partial charge in [0.2, 0.25) is 0 Å². The molecule has 18 heavy (non-hydrogen) atoms. The van der Waals surface area contributed by atoms with Gasteiger partial charge in [-0.1, -0.05) is 59.7 Å². The van der Waals surface area contributed by atoms with E-state index in [2.05, 4.69) is 40.4 Å². The summed E-state index contributed by atoms with van der Waals surface area (Å²) in [5, 5.41) is 0. The lowest BCUT2D eigenvalue weighted by Gasteiger charge is -2.29. The molecule has 0 fully saturated rings. The average Bonchev–Trinajstić information content (AvgIpc) is 2.29. The van der Waals surface area contributed by atoms with Gasteiger partial charge in [0.25, 0.3) is 0 Å². The Morgan fingerprint density at radius 2 is 1.06 bits per heavy atom. The molecule has 0 unspecified atom stereocenters. The summed E-state index contributed by atoms with van der Waals surface area (Å²) in [6.45, 7) is 14.2. The lowest BCUT2D eigenvalue weighted by Crippen LogP contribution is -2.18. The van der Waals surface area contributed by atoms with Gasteiger partial charge in [-0.15, -0.1) is 0 Å². The van der Waals surface area contributed by atoms with Crippen molar-refractivity contribution < 1.29 is 0 Å². The van der Waals surface area contributed by atoms with E-state index in [1.54, 1.807) is 0 Å². The molecule has 0 aliphatic heterocycles. The van der Waals surface area contributed by atoms with Crippen molar-refractivity contribution in [3.05, 3.63) is 0 Å². The van der Waals surface area contributed by atoms with E-state index in [1.807, 2.05) is 0 Å². The van der Waals surface area contributed by atoms with E-state index < -0.39 is 15.3 Å². The summed E-state index contributed by atoms with van der Waals surface area (Å²) in [4.78, 5) is 0. The second-order valence-electron chi connectivity index (χ2n) is 6.60. The molecule has 0 bridgehead atoms. The maximum absolute atomic E-state index is 5.50. The number of nitrogens with zero attached hydrogens (tertiary/aromatic N) is 1. The molecule has 0 saturated carbocycles. The molecular weight excluding hydrogens is 253 g/mol. The van der Waals surface area contributed by atoms with Crippen molar-refractivity contribution in [3.63, 3.8) is 0 Å². The topological polar surface area (TPSA) is 12.4 Å². The predicted octanol–water partition coefficient (Wildman–Crippen LogP) is 6.42. The van der Waals surface area contributed by atoms with Crippen LogP contribution in [-0.4, -0.2) is 26.7 Å². The van der Waals surface area contributed by atoms with Crippen LogP contribution in [-0.2, 0) is 0 Å². The van der Waals surface area contributed by atoms with E-state index in [0.29, 0.717) is 0 Å². The van der Waals surface area contributed by atoms with Gasteiger partial charge < -0.3 is 4.41 Å². The standard InChI is InChI=1S/C15H36NPSi/c1-7-10-13-17(14-11-8-2,15-12-9-3)16-18(4,5)6/h7-15H2,1-6H3. The fraction of sp³-hybridized carbons (Fsp3) is 1.00. The van der Waals surface area contributed by atoms with E-state index in [-0.39, 0.29) is 0 Å². The van der Waals surface area contributed by atoms with Gasteiger partial charge in [-0.3, -0.25) is 0 Å². The summed E-state index contributed by atoms with van der Waals surface area (Å²) in [6.07, 6.45) is 12.5. The molecule has 0 N–H and O–H groups in total. The van der Waals surface area contributed by atoms with E-state index in [9.17, 15) is 0 Å². The Kier molecular flexibility index (Phi) is 9.60. The second kappa shape index (κ2) is 9.37. The van der Waals surface area contributed by atoms with E-state index >= 15 is 0 Å². The molecule has 0 amide bonds. The van der Waals surface area contributed by atoms with Crippen LogP contribution < -0.4 is 0 Å². The van der Waals surface area contributed by atoms with Crippen molar-refractivity contribution >= 4 is 15.3 Å². The van der Waals surface area contributed by atoms with E-state index in [1.165, 1.54) is 57.0 Å². The molecular formula is C15H36NPSi. The Bertz CT molecular complexity index is 227. The maximum atomic E-state index is 5.50. The summed E-state index contributed by atoms with van der Waals surface area (Å²) < 4.78 is 5.50. The highest BCUT2D eigenvalue weighted by Crippen LogP contribution is 2.53. The fourth-order valence-corrected chi connectivity index (χ4v) is 12.2. The van der Waals surface area contributed by atoms with Crippen LogP contribution >= 0.6 is 7.05 Å². The molecule has 0 spiro atoms. The molecule has 3 heteroatoms. The summed E-state index contributed by atoms with van der Waals surface area (Å²) >= 11 is 0.